The summed E-state index contributed by atoms with van der Waals surface area (Å²) in [5.74, 6) is -1.57. The first-order chi connectivity index (χ1) is 9.88. The zero-order valence-corrected chi connectivity index (χ0v) is 11.6. The molecule has 1 aromatic carbocycles. The van der Waals surface area contributed by atoms with Gasteiger partial charge in [-0.15, -0.1) is 0 Å². The summed E-state index contributed by atoms with van der Waals surface area (Å²) in [6.45, 7) is 3.42. The van der Waals surface area contributed by atoms with Crippen LogP contribution >= 0.6 is 0 Å². The summed E-state index contributed by atoms with van der Waals surface area (Å²) in [7, 11) is 0. The topological polar surface area (TPSA) is 99.3 Å². The minimum atomic E-state index is -1.04. The summed E-state index contributed by atoms with van der Waals surface area (Å²) < 4.78 is 0. The maximum Gasteiger partial charge on any atom is 0.335 e. The number of aromatic carboxylic acids is 1. The number of aromatic amines is 1. The molecule has 2 aromatic rings. The Labute approximate surface area is 120 Å². The van der Waals surface area contributed by atoms with Gasteiger partial charge in [0, 0.05) is 11.4 Å². The van der Waals surface area contributed by atoms with E-state index in [1.54, 1.807) is 19.9 Å². The van der Waals surface area contributed by atoms with Crippen LogP contribution < -0.4 is 10.9 Å². The van der Waals surface area contributed by atoms with Crippen LogP contribution in [0.1, 0.15) is 32.0 Å². The Morgan fingerprint density at radius 2 is 1.76 bits per heavy atom. The number of aryl methyl sites for hydroxylation is 2. The summed E-state index contributed by atoms with van der Waals surface area (Å²) in [6.07, 6.45) is 0. The van der Waals surface area contributed by atoms with Gasteiger partial charge in [-0.05, 0) is 49.7 Å². The predicted octanol–water partition coefficient (Wildman–Crippen LogP) is 1.94. The molecule has 1 aromatic heterocycles. The van der Waals surface area contributed by atoms with E-state index in [9.17, 15) is 14.4 Å². The van der Waals surface area contributed by atoms with E-state index in [0.717, 1.165) is 0 Å². The molecule has 0 bridgehead atoms. The van der Waals surface area contributed by atoms with Crippen LogP contribution in [0.5, 0.6) is 0 Å². The molecule has 6 heteroatoms. The van der Waals surface area contributed by atoms with Crippen molar-refractivity contribution in [2.24, 2.45) is 0 Å². The third-order valence-electron chi connectivity index (χ3n) is 2.98. The van der Waals surface area contributed by atoms with Crippen molar-refractivity contribution in [1.29, 1.82) is 0 Å². The smallest absolute Gasteiger partial charge is 0.335 e. The van der Waals surface area contributed by atoms with E-state index >= 15 is 0 Å². The molecular weight excluding hydrogens is 272 g/mol. The molecule has 0 saturated heterocycles. The lowest BCUT2D eigenvalue weighted by Gasteiger charge is -2.08. The van der Waals surface area contributed by atoms with Gasteiger partial charge in [0.05, 0.1) is 5.56 Å². The number of pyridine rings is 1. The minimum Gasteiger partial charge on any atom is -0.478 e. The number of carboxylic acid groups (broad SMARTS) is 1. The fourth-order valence-corrected chi connectivity index (χ4v) is 2.03. The summed E-state index contributed by atoms with van der Waals surface area (Å²) in [5, 5.41) is 11.4. The number of amides is 1. The molecular formula is C15H14N2O4. The zero-order valence-electron chi connectivity index (χ0n) is 11.6. The molecule has 0 spiro atoms. The number of carboxylic acids is 1. The average molecular weight is 286 g/mol. The van der Waals surface area contributed by atoms with Crippen LogP contribution in [0.15, 0.2) is 35.1 Å². The highest BCUT2D eigenvalue weighted by molar-refractivity contribution is 6.05. The van der Waals surface area contributed by atoms with Crippen LogP contribution in [0, 0.1) is 13.8 Å². The van der Waals surface area contributed by atoms with Gasteiger partial charge in [0.25, 0.3) is 11.5 Å². The Morgan fingerprint density at radius 1 is 1.14 bits per heavy atom. The molecule has 0 aliphatic heterocycles. The van der Waals surface area contributed by atoms with Crippen molar-refractivity contribution in [3.05, 3.63) is 63.1 Å². The van der Waals surface area contributed by atoms with Crippen LogP contribution in [0.2, 0.25) is 0 Å². The van der Waals surface area contributed by atoms with E-state index in [4.69, 9.17) is 5.11 Å². The fourth-order valence-electron chi connectivity index (χ4n) is 2.03. The van der Waals surface area contributed by atoms with Gasteiger partial charge in [0.2, 0.25) is 0 Å². The van der Waals surface area contributed by atoms with Crippen LogP contribution in [0.4, 0.5) is 5.69 Å². The van der Waals surface area contributed by atoms with E-state index in [0.29, 0.717) is 16.9 Å². The van der Waals surface area contributed by atoms with Crippen molar-refractivity contribution in [2.75, 3.05) is 5.32 Å². The standard InChI is InChI=1S/C15H14N2O4/c1-8-7-9(2)16-13(18)12(8)14(19)17-11-5-3-10(4-6-11)15(20)21/h3-7H,1-2H3,(H,16,18)(H,17,19)(H,20,21). The second kappa shape index (κ2) is 5.62. The fraction of sp³-hybridized carbons (Fsp3) is 0.133. The summed E-state index contributed by atoms with van der Waals surface area (Å²) in [6, 6.07) is 7.41. The Kier molecular flexibility index (Phi) is 3.89. The van der Waals surface area contributed by atoms with Crippen molar-refractivity contribution < 1.29 is 14.7 Å². The van der Waals surface area contributed by atoms with E-state index in [1.165, 1.54) is 24.3 Å². The minimum absolute atomic E-state index is 0.0444. The summed E-state index contributed by atoms with van der Waals surface area (Å²) in [5.41, 5.74) is 1.40. The molecule has 1 heterocycles. The molecule has 0 fully saturated rings. The lowest BCUT2D eigenvalue weighted by atomic mass is 10.1. The molecule has 0 atom stereocenters. The van der Waals surface area contributed by atoms with Crippen molar-refractivity contribution >= 4 is 17.6 Å². The third kappa shape index (κ3) is 3.17. The number of carbonyl (C=O) groups is 2. The van der Waals surface area contributed by atoms with Gasteiger partial charge in [-0.1, -0.05) is 0 Å². The Hall–Kier alpha value is -2.89. The highest BCUT2D eigenvalue weighted by Gasteiger charge is 2.14. The number of nitrogens with one attached hydrogen (secondary N) is 2. The number of carbonyl (C=O) groups excluding carboxylic acids is 1. The lowest BCUT2D eigenvalue weighted by Crippen LogP contribution is -2.25. The zero-order chi connectivity index (χ0) is 15.6. The number of hydrogen-bond donors (Lipinski definition) is 3. The highest BCUT2D eigenvalue weighted by atomic mass is 16.4. The second-order valence-electron chi connectivity index (χ2n) is 4.68. The second-order valence-corrected chi connectivity index (χ2v) is 4.68. The number of aromatic nitrogens is 1. The number of H-pyrrole nitrogens is 1. The Morgan fingerprint density at radius 3 is 2.29 bits per heavy atom. The van der Waals surface area contributed by atoms with Gasteiger partial charge in [0.15, 0.2) is 0 Å². The highest BCUT2D eigenvalue weighted by Crippen LogP contribution is 2.12. The predicted molar refractivity (Wildman–Crippen MR) is 77.9 cm³/mol. The normalized spacial score (nSPS) is 10.2. The summed E-state index contributed by atoms with van der Waals surface area (Å²) >= 11 is 0. The Bertz CT molecular complexity index is 760. The molecule has 0 radical (unpaired) electrons. The monoisotopic (exact) mass is 286 g/mol. The largest absolute Gasteiger partial charge is 0.478 e. The molecule has 108 valence electrons. The Balaban J connectivity index is 2.26. The quantitative estimate of drug-likeness (QED) is 0.802. The van der Waals surface area contributed by atoms with Crippen LogP contribution in [-0.4, -0.2) is 22.0 Å². The first-order valence-corrected chi connectivity index (χ1v) is 6.23. The molecule has 3 N–H and O–H groups in total. The van der Waals surface area contributed by atoms with Crippen molar-refractivity contribution in [2.45, 2.75) is 13.8 Å². The first kappa shape index (κ1) is 14.5. The molecule has 0 unspecified atom stereocenters. The van der Waals surface area contributed by atoms with Crippen LogP contribution in [0.3, 0.4) is 0 Å². The van der Waals surface area contributed by atoms with Crippen molar-refractivity contribution in [1.82, 2.24) is 4.98 Å². The molecule has 0 aliphatic rings. The van der Waals surface area contributed by atoms with Crippen molar-refractivity contribution in [3.63, 3.8) is 0 Å². The first-order valence-electron chi connectivity index (χ1n) is 6.23. The molecule has 1 amide bonds. The van der Waals surface area contributed by atoms with Gasteiger partial charge >= 0.3 is 5.97 Å². The lowest BCUT2D eigenvalue weighted by molar-refractivity contribution is 0.0696. The van der Waals surface area contributed by atoms with Crippen LogP contribution in [-0.2, 0) is 0 Å². The maximum absolute atomic E-state index is 12.1. The third-order valence-corrected chi connectivity index (χ3v) is 2.98. The van der Waals surface area contributed by atoms with Crippen LogP contribution in [0.25, 0.3) is 0 Å². The number of rotatable bonds is 3. The number of anilines is 1. The molecule has 0 aliphatic carbocycles. The van der Waals surface area contributed by atoms with Gasteiger partial charge < -0.3 is 15.4 Å². The van der Waals surface area contributed by atoms with Gasteiger partial charge in [-0.3, -0.25) is 9.59 Å². The van der Waals surface area contributed by atoms with Gasteiger partial charge in [-0.2, -0.15) is 0 Å². The molecule has 21 heavy (non-hydrogen) atoms. The average Bonchev–Trinajstić information content (AvgIpc) is 2.37. The SMILES string of the molecule is Cc1cc(C)c(C(=O)Nc2ccc(C(=O)O)cc2)c(=O)[nH]1. The summed E-state index contributed by atoms with van der Waals surface area (Å²) in [4.78, 5) is 37.3. The molecule has 2 rings (SSSR count). The number of benzene rings is 1. The molecule has 0 saturated carbocycles. The van der Waals surface area contributed by atoms with Gasteiger partial charge in [-0.25, -0.2) is 4.79 Å². The van der Waals surface area contributed by atoms with E-state index in [1.807, 2.05) is 0 Å². The van der Waals surface area contributed by atoms with E-state index < -0.39 is 17.4 Å². The van der Waals surface area contributed by atoms with E-state index in [-0.39, 0.29) is 11.1 Å². The van der Waals surface area contributed by atoms with Gasteiger partial charge in [0.1, 0.15) is 5.56 Å². The van der Waals surface area contributed by atoms with E-state index in [2.05, 4.69) is 10.3 Å². The van der Waals surface area contributed by atoms with Crippen molar-refractivity contribution in [3.8, 4) is 0 Å². The maximum atomic E-state index is 12.1. The number of hydrogen-bond acceptors (Lipinski definition) is 3. The molecule has 6 nitrogen and oxygen atoms in total.